The lowest BCUT2D eigenvalue weighted by Gasteiger charge is -2.24. The number of rotatable bonds is 8. The highest BCUT2D eigenvalue weighted by molar-refractivity contribution is 7.92. The Morgan fingerprint density at radius 1 is 1.10 bits per heavy atom. The van der Waals surface area contributed by atoms with Crippen LogP contribution in [0.3, 0.4) is 0 Å². The number of halogens is 1. The molecule has 0 aliphatic rings. The Labute approximate surface area is 179 Å². The van der Waals surface area contributed by atoms with Gasteiger partial charge < -0.3 is 5.32 Å². The summed E-state index contributed by atoms with van der Waals surface area (Å²) < 4.78 is 25.9. The topological polar surface area (TPSA) is 66.5 Å². The molecule has 1 amide bonds. The second kappa shape index (κ2) is 9.63. The van der Waals surface area contributed by atoms with Gasteiger partial charge in [-0.1, -0.05) is 41.4 Å². The first-order valence-corrected chi connectivity index (χ1v) is 11.8. The average molecular weight is 437 g/mol. The van der Waals surface area contributed by atoms with Crippen molar-refractivity contribution in [2.75, 3.05) is 17.1 Å². The molecule has 0 saturated heterocycles. The molecule has 5 nitrogen and oxygen atoms in total. The van der Waals surface area contributed by atoms with Gasteiger partial charge in [0.05, 0.1) is 18.0 Å². The van der Waals surface area contributed by atoms with Crippen LogP contribution in [-0.2, 0) is 14.8 Å². The zero-order valence-corrected chi connectivity index (χ0v) is 19.2. The molecule has 1 atom stereocenters. The van der Waals surface area contributed by atoms with Gasteiger partial charge >= 0.3 is 0 Å². The smallest absolute Gasteiger partial charge is 0.232 e. The number of carbonyl (C=O) groups is 1. The summed E-state index contributed by atoms with van der Waals surface area (Å²) in [5.74, 6) is -0.102. The molecule has 2 aromatic carbocycles. The molecule has 158 valence electrons. The van der Waals surface area contributed by atoms with Gasteiger partial charge in [0, 0.05) is 18.0 Å². The Morgan fingerprint density at radius 2 is 1.76 bits per heavy atom. The summed E-state index contributed by atoms with van der Waals surface area (Å²) in [4.78, 5) is 12.4. The SMILES string of the molecule is Cc1ccc(C)c(C(C)NC(=O)CCCN(c2cc(Cl)ccc2C)S(C)(=O)=O)c1. The van der Waals surface area contributed by atoms with Crippen molar-refractivity contribution in [1.29, 1.82) is 0 Å². The molecular weight excluding hydrogens is 408 g/mol. The summed E-state index contributed by atoms with van der Waals surface area (Å²) in [6, 6.07) is 11.2. The van der Waals surface area contributed by atoms with Gasteiger partial charge in [-0.2, -0.15) is 0 Å². The Balaban J connectivity index is 2.01. The van der Waals surface area contributed by atoms with E-state index < -0.39 is 10.0 Å². The molecule has 2 rings (SSSR count). The monoisotopic (exact) mass is 436 g/mol. The van der Waals surface area contributed by atoms with Gasteiger partial charge in [-0.05, 0) is 62.9 Å². The van der Waals surface area contributed by atoms with E-state index in [1.165, 1.54) is 4.31 Å². The number of carbonyl (C=O) groups excluding carboxylic acids is 1. The second-order valence-electron chi connectivity index (χ2n) is 7.52. The third-order valence-corrected chi connectivity index (χ3v) is 6.30. The Kier molecular flexibility index (Phi) is 7.72. The molecule has 0 saturated carbocycles. The van der Waals surface area contributed by atoms with Crippen LogP contribution in [0, 0.1) is 20.8 Å². The number of amides is 1. The molecular formula is C22H29ClN2O3S. The average Bonchev–Trinajstić information content (AvgIpc) is 2.62. The van der Waals surface area contributed by atoms with Crippen molar-refractivity contribution in [3.63, 3.8) is 0 Å². The van der Waals surface area contributed by atoms with Crippen LogP contribution >= 0.6 is 11.6 Å². The van der Waals surface area contributed by atoms with E-state index in [1.807, 2.05) is 39.8 Å². The standard InChI is InChI=1S/C22H29ClN2O3S/c1-15-8-9-16(2)20(13-15)18(4)24-22(26)7-6-12-25(29(5,27)28)21-14-19(23)11-10-17(21)3/h8-11,13-14,18H,6-7,12H2,1-5H3,(H,24,26). The fraction of sp³-hybridized carbons (Fsp3) is 0.409. The van der Waals surface area contributed by atoms with Crippen molar-refractivity contribution >= 4 is 33.2 Å². The molecule has 1 unspecified atom stereocenters. The first-order chi connectivity index (χ1) is 13.5. The highest BCUT2D eigenvalue weighted by Crippen LogP contribution is 2.26. The van der Waals surface area contributed by atoms with Crippen molar-refractivity contribution in [3.05, 3.63) is 63.7 Å². The second-order valence-corrected chi connectivity index (χ2v) is 9.86. The molecule has 0 heterocycles. The van der Waals surface area contributed by atoms with Crippen LogP contribution < -0.4 is 9.62 Å². The van der Waals surface area contributed by atoms with E-state index in [2.05, 4.69) is 11.4 Å². The number of sulfonamides is 1. The predicted molar refractivity (Wildman–Crippen MR) is 120 cm³/mol. The van der Waals surface area contributed by atoms with Crippen molar-refractivity contribution in [3.8, 4) is 0 Å². The van der Waals surface area contributed by atoms with E-state index in [9.17, 15) is 13.2 Å². The number of aryl methyl sites for hydroxylation is 3. The lowest BCUT2D eigenvalue weighted by atomic mass is 10.00. The van der Waals surface area contributed by atoms with Crippen LogP contribution in [0.5, 0.6) is 0 Å². The largest absolute Gasteiger partial charge is 0.350 e. The lowest BCUT2D eigenvalue weighted by Crippen LogP contribution is -2.33. The molecule has 0 radical (unpaired) electrons. The predicted octanol–water partition coefficient (Wildman–Crippen LogP) is 4.69. The van der Waals surface area contributed by atoms with Crippen molar-refractivity contribution in [2.45, 2.75) is 46.6 Å². The first kappa shape index (κ1) is 23.2. The van der Waals surface area contributed by atoms with E-state index >= 15 is 0 Å². The molecule has 0 spiro atoms. The molecule has 0 fully saturated rings. The summed E-state index contributed by atoms with van der Waals surface area (Å²) in [7, 11) is -3.49. The van der Waals surface area contributed by atoms with Gasteiger partial charge in [-0.25, -0.2) is 8.42 Å². The Bertz CT molecular complexity index is 990. The number of anilines is 1. The molecule has 0 aliphatic heterocycles. The van der Waals surface area contributed by atoms with Crippen LogP contribution in [-0.4, -0.2) is 27.1 Å². The first-order valence-electron chi connectivity index (χ1n) is 9.59. The molecule has 0 aromatic heterocycles. The third kappa shape index (κ3) is 6.47. The number of nitrogens with one attached hydrogen (secondary N) is 1. The van der Waals surface area contributed by atoms with E-state index in [0.29, 0.717) is 17.1 Å². The summed E-state index contributed by atoms with van der Waals surface area (Å²) in [6.07, 6.45) is 1.81. The maximum atomic E-state index is 12.4. The number of hydrogen-bond donors (Lipinski definition) is 1. The molecule has 7 heteroatoms. The van der Waals surface area contributed by atoms with Gasteiger partial charge in [0.2, 0.25) is 15.9 Å². The highest BCUT2D eigenvalue weighted by Gasteiger charge is 2.20. The van der Waals surface area contributed by atoms with E-state index in [4.69, 9.17) is 11.6 Å². The van der Waals surface area contributed by atoms with Crippen molar-refractivity contribution < 1.29 is 13.2 Å². The minimum atomic E-state index is -3.49. The lowest BCUT2D eigenvalue weighted by molar-refractivity contribution is -0.121. The maximum Gasteiger partial charge on any atom is 0.232 e. The van der Waals surface area contributed by atoms with E-state index in [0.717, 1.165) is 28.5 Å². The molecule has 0 aliphatic carbocycles. The van der Waals surface area contributed by atoms with E-state index in [-0.39, 0.29) is 24.9 Å². The third-order valence-electron chi connectivity index (χ3n) is 4.88. The fourth-order valence-corrected chi connectivity index (χ4v) is 4.50. The summed E-state index contributed by atoms with van der Waals surface area (Å²) in [5, 5.41) is 3.48. The van der Waals surface area contributed by atoms with Crippen LogP contribution in [0.2, 0.25) is 5.02 Å². The van der Waals surface area contributed by atoms with Gasteiger partial charge in [0.1, 0.15) is 0 Å². The van der Waals surface area contributed by atoms with Crippen LogP contribution in [0.25, 0.3) is 0 Å². The Morgan fingerprint density at radius 3 is 2.41 bits per heavy atom. The van der Waals surface area contributed by atoms with Crippen molar-refractivity contribution in [1.82, 2.24) is 5.32 Å². The number of hydrogen-bond acceptors (Lipinski definition) is 3. The normalized spacial score (nSPS) is 12.5. The van der Waals surface area contributed by atoms with Crippen LogP contribution in [0.1, 0.15) is 48.1 Å². The molecule has 1 N–H and O–H groups in total. The molecule has 0 bridgehead atoms. The van der Waals surface area contributed by atoms with E-state index in [1.54, 1.807) is 18.2 Å². The number of nitrogens with zero attached hydrogens (tertiary/aromatic N) is 1. The zero-order chi connectivity index (χ0) is 21.8. The van der Waals surface area contributed by atoms with Gasteiger partial charge in [-0.15, -0.1) is 0 Å². The zero-order valence-electron chi connectivity index (χ0n) is 17.6. The fourth-order valence-electron chi connectivity index (χ4n) is 3.32. The number of benzene rings is 2. The summed E-state index contributed by atoms with van der Waals surface area (Å²) in [6.45, 7) is 8.05. The maximum absolute atomic E-state index is 12.4. The molecule has 2 aromatic rings. The highest BCUT2D eigenvalue weighted by atomic mass is 35.5. The van der Waals surface area contributed by atoms with Crippen LogP contribution in [0.4, 0.5) is 5.69 Å². The van der Waals surface area contributed by atoms with Crippen LogP contribution in [0.15, 0.2) is 36.4 Å². The molecule has 29 heavy (non-hydrogen) atoms. The van der Waals surface area contributed by atoms with Gasteiger partial charge in [-0.3, -0.25) is 9.10 Å². The quantitative estimate of drug-likeness (QED) is 0.652. The Hall–Kier alpha value is -2.05. The summed E-state index contributed by atoms with van der Waals surface area (Å²) >= 11 is 6.05. The van der Waals surface area contributed by atoms with Gasteiger partial charge in [0.15, 0.2) is 0 Å². The summed E-state index contributed by atoms with van der Waals surface area (Å²) in [5.41, 5.74) is 4.72. The van der Waals surface area contributed by atoms with Crippen molar-refractivity contribution in [2.24, 2.45) is 0 Å². The minimum Gasteiger partial charge on any atom is -0.350 e. The van der Waals surface area contributed by atoms with Gasteiger partial charge in [0.25, 0.3) is 0 Å². The minimum absolute atomic E-state index is 0.102.